The topological polar surface area (TPSA) is 47.3 Å². The molecule has 0 aliphatic heterocycles. The van der Waals surface area contributed by atoms with Crippen molar-refractivity contribution in [1.29, 1.82) is 0 Å². The van der Waals surface area contributed by atoms with Crippen molar-refractivity contribution in [2.45, 2.75) is 18.8 Å². The van der Waals surface area contributed by atoms with Gasteiger partial charge in [-0.2, -0.15) is 0 Å². The molecule has 0 N–H and O–H groups in total. The van der Waals surface area contributed by atoms with Crippen molar-refractivity contribution >= 4 is 5.78 Å². The number of hydrogen-bond donors (Lipinski definition) is 0. The average molecular weight is 394 g/mol. The van der Waals surface area contributed by atoms with Gasteiger partial charge in [0.05, 0.1) is 0 Å². The van der Waals surface area contributed by atoms with Crippen LogP contribution in [0.2, 0.25) is 0 Å². The fourth-order valence-electron chi connectivity index (χ4n) is 3.62. The molecular weight excluding hydrogens is 372 g/mol. The lowest BCUT2D eigenvalue weighted by molar-refractivity contribution is 0.0973. The number of hydrogen-bond acceptors (Lipinski definition) is 3. The Balaban J connectivity index is 1.65. The number of carbonyl (C=O) groups excluding carboxylic acids is 1. The van der Waals surface area contributed by atoms with Crippen molar-refractivity contribution in [3.8, 4) is 11.3 Å². The summed E-state index contributed by atoms with van der Waals surface area (Å²) >= 11 is 0. The van der Waals surface area contributed by atoms with E-state index in [0.717, 1.165) is 11.1 Å². The van der Waals surface area contributed by atoms with Crippen LogP contribution in [-0.2, 0) is 6.42 Å². The van der Waals surface area contributed by atoms with Gasteiger partial charge in [-0.05, 0) is 11.5 Å². The minimum absolute atomic E-state index is 0.0750. The predicted molar refractivity (Wildman–Crippen MR) is 119 cm³/mol. The normalized spacial score (nSPS) is 11.7. The minimum atomic E-state index is -0.101. The number of carbonyl (C=O) groups is 1. The van der Waals surface area contributed by atoms with E-state index >= 15 is 0 Å². The molecule has 1 aromatic heterocycles. The highest BCUT2D eigenvalue weighted by Gasteiger charge is 2.19. The van der Waals surface area contributed by atoms with Gasteiger partial charge in [0.1, 0.15) is 11.5 Å². The summed E-state index contributed by atoms with van der Waals surface area (Å²) in [5.74, 6) is 1.11. The van der Waals surface area contributed by atoms with Crippen LogP contribution in [0, 0.1) is 0 Å². The molecule has 4 aromatic rings. The van der Waals surface area contributed by atoms with Crippen molar-refractivity contribution in [3.63, 3.8) is 0 Å². The lowest BCUT2D eigenvalue weighted by atomic mass is 9.88. The van der Waals surface area contributed by atoms with E-state index in [1.165, 1.54) is 12.1 Å². The molecule has 0 aliphatic rings. The van der Waals surface area contributed by atoms with E-state index in [4.69, 9.17) is 4.42 Å². The fourth-order valence-corrected chi connectivity index (χ4v) is 3.62. The van der Waals surface area contributed by atoms with E-state index in [2.05, 4.69) is 0 Å². The number of benzene rings is 3. The van der Waals surface area contributed by atoms with Gasteiger partial charge >= 0.3 is 0 Å². The van der Waals surface area contributed by atoms with Gasteiger partial charge in [0.15, 0.2) is 11.2 Å². The van der Waals surface area contributed by atoms with Crippen molar-refractivity contribution < 1.29 is 9.21 Å². The van der Waals surface area contributed by atoms with Gasteiger partial charge in [0.25, 0.3) is 0 Å². The van der Waals surface area contributed by atoms with E-state index in [0.29, 0.717) is 29.9 Å². The third-order valence-electron chi connectivity index (χ3n) is 5.12. The first-order valence-corrected chi connectivity index (χ1v) is 10.0. The molecule has 0 aliphatic carbocycles. The Morgan fingerprint density at radius 3 is 2.03 bits per heavy atom. The summed E-state index contributed by atoms with van der Waals surface area (Å²) in [6.07, 6.45) is 0.811. The molecule has 3 nitrogen and oxygen atoms in total. The fraction of sp³-hybridized carbons (Fsp3) is 0.111. The second-order valence-electron chi connectivity index (χ2n) is 7.29. The molecule has 0 unspecified atom stereocenters. The van der Waals surface area contributed by atoms with Crippen molar-refractivity contribution in [2.75, 3.05) is 0 Å². The van der Waals surface area contributed by atoms with Crippen LogP contribution in [-0.4, -0.2) is 5.78 Å². The molecule has 0 spiro atoms. The molecule has 0 radical (unpaired) electrons. The maximum atomic E-state index is 12.9. The lowest BCUT2D eigenvalue weighted by Gasteiger charge is -2.17. The van der Waals surface area contributed by atoms with Crippen LogP contribution in [0.1, 0.15) is 34.0 Å². The Labute approximate surface area is 175 Å². The third-order valence-corrected chi connectivity index (χ3v) is 5.12. The van der Waals surface area contributed by atoms with E-state index in [1.54, 1.807) is 0 Å². The van der Waals surface area contributed by atoms with Crippen molar-refractivity contribution in [2.24, 2.45) is 0 Å². The SMILES string of the molecule is O=C(C[C@@H](Cc1cc(=O)cc(-c2ccccc2)o1)c1ccccc1)c1ccccc1. The van der Waals surface area contributed by atoms with Crippen LogP contribution in [0.3, 0.4) is 0 Å². The molecule has 4 rings (SSSR count). The zero-order valence-electron chi connectivity index (χ0n) is 16.5. The summed E-state index contributed by atoms with van der Waals surface area (Å²) in [6, 6.07) is 31.8. The molecule has 3 heteroatoms. The van der Waals surface area contributed by atoms with Crippen LogP contribution in [0.5, 0.6) is 0 Å². The van der Waals surface area contributed by atoms with Crippen LogP contribution in [0.15, 0.2) is 112 Å². The molecule has 0 fully saturated rings. The number of Topliss-reactive ketones (excluding diaryl/α,β-unsaturated/α-hetero) is 1. The molecular formula is C27H22O3. The van der Waals surface area contributed by atoms with Gasteiger partial charge < -0.3 is 4.42 Å². The monoisotopic (exact) mass is 394 g/mol. The van der Waals surface area contributed by atoms with Crippen LogP contribution in [0.25, 0.3) is 11.3 Å². The zero-order valence-corrected chi connectivity index (χ0v) is 16.5. The van der Waals surface area contributed by atoms with Gasteiger partial charge in [0.2, 0.25) is 0 Å². The number of rotatable bonds is 7. The Morgan fingerprint density at radius 2 is 1.37 bits per heavy atom. The zero-order chi connectivity index (χ0) is 20.8. The Morgan fingerprint density at radius 1 is 0.767 bits per heavy atom. The highest BCUT2D eigenvalue weighted by atomic mass is 16.3. The van der Waals surface area contributed by atoms with Crippen LogP contribution in [0.4, 0.5) is 0 Å². The third kappa shape index (κ3) is 4.81. The first-order valence-electron chi connectivity index (χ1n) is 10.0. The van der Waals surface area contributed by atoms with Crippen LogP contribution < -0.4 is 5.43 Å². The second kappa shape index (κ2) is 9.19. The molecule has 0 saturated carbocycles. The summed E-state index contributed by atoms with van der Waals surface area (Å²) in [5, 5.41) is 0. The average Bonchev–Trinajstić information content (AvgIpc) is 2.80. The Bertz CT molecular complexity index is 1160. The first-order chi connectivity index (χ1) is 14.7. The standard InChI is InChI=1S/C27H22O3/c28-24-18-25(30-27(19-24)22-14-8-3-9-15-22)16-23(20-10-4-1-5-11-20)17-26(29)21-12-6-2-7-13-21/h1-15,18-19,23H,16-17H2/t23-/m1/s1. The lowest BCUT2D eigenvalue weighted by Crippen LogP contribution is -2.12. The summed E-state index contributed by atoms with van der Waals surface area (Å²) in [6.45, 7) is 0. The largest absolute Gasteiger partial charge is 0.461 e. The molecule has 0 saturated heterocycles. The van der Waals surface area contributed by atoms with E-state index in [1.807, 2.05) is 91.0 Å². The highest BCUT2D eigenvalue weighted by molar-refractivity contribution is 5.96. The van der Waals surface area contributed by atoms with E-state index < -0.39 is 0 Å². The molecule has 3 aromatic carbocycles. The molecule has 0 amide bonds. The quantitative estimate of drug-likeness (QED) is 0.366. The van der Waals surface area contributed by atoms with Crippen molar-refractivity contribution in [3.05, 3.63) is 130 Å². The Kier molecular flexibility index (Phi) is 6.00. The number of ketones is 1. The molecule has 1 atom stereocenters. The maximum absolute atomic E-state index is 12.9. The summed E-state index contributed by atoms with van der Waals surface area (Å²) in [7, 11) is 0. The molecule has 30 heavy (non-hydrogen) atoms. The molecule has 1 heterocycles. The van der Waals surface area contributed by atoms with Gasteiger partial charge in [-0.3, -0.25) is 9.59 Å². The van der Waals surface area contributed by atoms with Crippen LogP contribution >= 0.6 is 0 Å². The summed E-state index contributed by atoms with van der Waals surface area (Å²) < 4.78 is 6.07. The van der Waals surface area contributed by atoms with Gasteiger partial charge in [-0.1, -0.05) is 91.0 Å². The van der Waals surface area contributed by atoms with Crippen molar-refractivity contribution in [1.82, 2.24) is 0 Å². The Hall–Kier alpha value is -3.72. The first kappa shape index (κ1) is 19.6. The van der Waals surface area contributed by atoms with E-state index in [-0.39, 0.29) is 17.1 Å². The maximum Gasteiger partial charge on any atom is 0.185 e. The van der Waals surface area contributed by atoms with Gasteiger partial charge in [0, 0.05) is 36.1 Å². The van der Waals surface area contributed by atoms with E-state index in [9.17, 15) is 9.59 Å². The highest BCUT2D eigenvalue weighted by Crippen LogP contribution is 2.27. The smallest absolute Gasteiger partial charge is 0.185 e. The second-order valence-corrected chi connectivity index (χ2v) is 7.29. The summed E-state index contributed by atoms with van der Waals surface area (Å²) in [4.78, 5) is 25.2. The molecule has 148 valence electrons. The predicted octanol–water partition coefficient (Wildman–Crippen LogP) is 5.91. The minimum Gasteiger partial charge on any atom is -0.461 e. The van der Waals surface area contributed by atoms with Gasteiger partial charge in [-0.15, -0.1) is 0 Å². The molecule has 0 bridgehead atoms. The summed E-state index contributed by atoms with van der Waals surface area (Å²) in [5.41, 5.74) is 2.50. The van der Waals surface area contributed by atoms with Gasteiger partial charge in [-0.25, -0.2) is 0 Å².